The minimum Gasteiger partial charge on any atom is -0.490 e. The third-order valence-corrected chi connectivity index (χ3v) is 4.57. The predicted octanol–water partition coefficient (Wildman–Crippen LogP) is 0.297. The van der Waals surface area contributed by atoms with Gasteiger partial charge in [0.15, 0.2) is 11.4 Å². The minimum absolute atomic E-state index is 0.172. The van der Waals surface area contributed by atoms with E-state index in [1.54, 1.807) is 29.2 Å². The van der Waals surface area contributed by atoms with Crippen LogP contribution in [0.2, 0.25) is 0 Å². The number of morpholine rings is 1. The molecule has 3 rings (SSSR count). The average molecular weight is 388 g/mol. The van der Waals surface area contributed by atoms with Crippen LogP contribution in [0.4, 0.5) is 0 Å². The van der Waals surface area contributed by atoms with Crippen molar-refractivity contribution >= 4 is 5.91 Å². The lowest BCUT2D eigenvalue weighted by Gasteiger charge is -2.41. The number of carbonyl (C=O) groups is 1. The molecule has 9 nitrogen and oxygen atoms in total. The smallest absolute Gasteiger partial charge is 0.277 e. The third kappa shape index (κ3) is 4.49. The highest BCUT2D eigenvalue weighted by Crippen LogP contribution is 2.32. The third-order valence-electron chi connectivity index (χ3n) is 4.57. The van der Waals surface area contributed by atoms with Crippen LogP contribution in [-0.4, -0.2) is 83.5 Å². The quantitative estimate of drug-likeness (QED) is 0.728. The number of nitrogens with zero attached hydrogens (tertiary/aromatic N) is 5. The molecule has 0 radical (unpaired) electrons. The van der Waals surface area contributed by atoms with E-state index in [1.807, 2.05) is 32.2 Å². The second-order valence-corrected chi connectivity index (χ2v) is 7.05. The molecule has 0 unspecified atom stereocenters. The van der Waals surface area contributed by atoms with Gasteiger partial charge in [-0.3, -0.25) is 9.48 Å². The number of hydrogen-bond acceptors (Lipinski definition) is 7. The first-order valence-corrected chi connectivity index (χ1v) is 9.35. The summed E-state index contributed by atoms with van der Waals surface area (Å²) in [5.41, 5.74) is 6.76. The van der Waals surface area contributed by atoms with E-state index in [9.17, 15) is 4.79 Å². The highest BCUT2D eigenvalue weighted by atomic mass is 16.5. The van der Waals surface area contributed by atoms with Gasteiger partial charge in [-0.2, -0.15) is 5.10 Å². The molecule has 2 aromatic rings. The lowest BCUT2D eigenvalue weighted by atomic mass is 10.00. The molecule has 152 valence electrons. The van der Waals surface area contributed by atoms with Gasteiger partial charge in [0.05, 0.1) is 24.9 Å². The Morgan fingerprint density at radius 1 is 1.46 bits per heavy atom. The van der Waals surface area contributed by atoms with E-state index in [1.165, 1.54) is 0 Å². The number of pyridine rings is 1. The number of ether oxygens (including phenoxy) is 2. The Morgan fingerprint density at radius 2 is 2.29 bits per heavy atom. The topological polar surface area (TPSA) is 98.7 Å². The minimum atomic E-state index is -0.262. The zero-order chi connectivity index (χ0) is 20.1. The van der Waals surface area contributed by atoms with E-state index in [0.717, 1.165) is 5.56 Å². The van der Waals surface area contributed by atoms with E-state index in [-0.39, 0.29) is 23.7 Å². The summed E-state index contributed by atoms with van der Waals surface area (Å²) in [5.74, 6) is 0.257. The van der Waals surface area contributed by atoms with Gasteiger partial charge in [-0.05, 0) is 26.2 Å². The zero-order valence-corrected chi connectivity index (χ0v) is 16.6. The highest BCUT2D eigenvalue weighted by Gasteiger charge is 2.38. The van der Waals surface area contributed by atoms with Gasteiger partial charge in [0, 0.05) is 44.6 Å². The maximum Gasteiger partial charge on any atom is 0.277 e. The molecule has 1 amide bonds. The lowest BCUT2D eigenvalue weighted by Crippen LogP contribution is -2.51. The normalized spacial score (nSPS) is 19.8. The number of nitrogens with two attached hydrogens (primary N) is 1. The van der Waals surface area contributed by atoms with Crippen LogP contribution in [0.5, 0.6) is 5.75 Å². The van der Waals surface area contributed by atoms with Gasteiger partial charge in [0.2, 0.25) is 0 Å². The molecule has 0 aromatic carbocycles. The summed E-state index contributed by atoms with van der Waals surface area (Å²) >= 11 is 0. The van der Waals surface area contributed by atoms with Crippen molar-refractivity contribution in [1.82, 2.24) is 24.6 Å². The first kappa shape index (κ1) is 20.2. The summed E-state index contributed by atoms with van der Waals surface area (Å²) in [6.07, 6.45) is 5.13. The molecule has 2 N–H and O–H groups in total. The van der Waals surface area contributed by atoms with Gasteiger partial charge >= 0.3 is 0 Å². The maximum atomic E-state index is 13.5. The van der Waals surface area contributed by atoms with Crippen molar-refractivity contribution in [2.75, 3.05) is 46.9 Å². The highest BCUT2D eigenvalue weighted by molar-refractivity contribution is 5.95. The fraction of sp³-hybridized carbons (Fsp3) is 0.526. The van der Waals surface area contributed by atoms with Crippen molar-refractivity contribution in [1.29, 1.82) is 0 Å². The summed E-state index contributed by atoms with van der Waals surface area (Å²) in [7, 11) is 5.84. The molecule has 0 saturated carbocycles. The number of rotatable bonds is 7. The Bertz CT molecular complexity index is 793. The Balaban J connectivity index is 1.94. The Kier molecular flexibility index (Phi) is 6.61. The molecule has 9 heteroatoms. The molecule has 28 heavy (non-hydrogen) atoms. The standard InChI is InChI=1S/C19H28N6O3/c1-23(2)13-16-18(14-11-22-24(3)12-14)25(8-10-28-16)19(26)17-15(27-9-6-20)5-4-7-21-17/h4-5,7,11-12,16,18H,6,8-10,13,20H2,1-3H3/t16-,18-/m0/s1. The zero-order valence-electron chi connectivity index (χ0n) is 16.6. The fourth-order valence-electron chi connectivity index (χ4n) is 3.43. The number of hydrogen-bond donors (Lipinski definition) is 1. The summed E-state index contributed by atoms with van der Waals surface area (Å²) < 4.78 is 13.4. The van der Waals surface area contributed by atoms with Gasteiger partial charge in [0.1, 0.15) is 6.61 Å². The van der Waals surface area contributed by atoms with E-state index in [4.69, 9.17) is 15.2 Å². The predicted molar refractivity (Wildman–Crippen MR) is 104 cm³/mol. The molecule has 1 aliphatic rings. The molecule has 1 saturated heterocycles. The molecule has 0 bridgehead atoms. The summed E-state index contributed by atoms with van der Waals surface area (Å²) in [6.45, 7) is 2.30. The van der Waals surface area contributed by atoms with Crippen LogP contribution < -0.4 is 10.5 Å². The van der Waals surface area contributed by atoms with Crippen molar-refractivity contribution in [3.05, 3.63) is 42.0 Å². The number of aryl methyl sites for hydroxylation is 1. The van der Waals surface area contributed by atoms with Crippen molar-refractivity contribution in [3.8, 4) is 5.75 Å². The largest absolute Gasteiger partial charge is 0.490 e. The van der Waals surface area contributed by atoms with E-state index in [0.29, 0.717) is 38.6 Å². The monoisotopic (exact) mass is 388 g/mol. The number of likely N-dealkylation sites (N-methyl/N-ethyl adjacent to an activating group) is 1. The molecule has 0 spiro atoms. The van der Waals surface area contributed by atoms with E-state index < -0.39 is 0 Å². The average Bonchev–Trinajstić information content (AvgIpc) is 3.11. The summed E-state index contributed by atoms with van der Waals surface area (Å²) in [5, 5.41) is 4.29. The fourth-order valence-corrected chi connectivity index (χ4v) is 3.43. The lowest BCUT2D eigenvalue weighted by molar-refractivity contribution is -0.0687. The van der Waals surface area contributed by atoms with Gasteiger partial charge in [-0.15, -0.1) is 0 Å². The SMILES string of the molecule is CN(C)C[C@@H]1OCCN(C(=O)c2ncccc2OCCN)[C@H]1c1cnn(C)c1. The Hall–Kier alpha value is -2.49. The second kappa shape index (κ2) is 9.13. The van der Waals surface area contributed by atoms with Crippen LogP contribution in [-0.2, 0) is 11.8 Å². The first-order valence-electron chi connectivity index (χ1n) is 9.35. The van der Waals surface area contributed by atoms with Crippen LogP contribution in [0.25, 0.3) is 0 Å². The molecule has 2 atom stereocenters. The summed E-state index contributed by atoms with van der Waals surface area (Å²) in [4.78, 5) is 21.6. The van der Waals surface area contributed by atoms with Gasteiger partial charge in [-0.25, -0.2) is 4.98 Å². The summed E-state index contributed by atoms with van der Waals surface area (Å²) in [6, 6.07) is 3.23. The van der Waals surface area contributed by atoms with E-state index >= 15 is 0 Å². The molecular weight excluding hydrogens is 360 g/mol. The van der Waals surface area contributed by atoms with Crippen molar-refractivity contribution in [3.63, 3.8) is 0 Å². The maximum absolute atomic E-state index is 13.5. The van der Waals surface area contributed by atoms with Crippen molar-refractivity contribution in [2.24, 2.45) is 12.8 Å². The molecule has 0 aliphatic carbocycles. The van der Waals surface area contributed by atoms with Gasteiger partial charge < -0.3 is 25.0 Å². The Morgan fingerprint density at radius 3 is 2.96 bits per heavy atom. The van der Waals surface area contributed by atoms with Crippen LogP contribution >= 0.6 is 0 Å². The van der Waals surface area contributed by atoms with Crippen LogP contribution in [0.15, 0.2) is 30.7 Å². The Labute approximate surface area is 165 Å². The molecular formula is C19H28N6O3. The second-order valence-electron chi connectivity index (χ2n) is 7.05. The van der Waals surface area contributed by atoms with Gasteiger partial charge in [0.25, 0.3) is 5.91 Å². The van der Waals surface area contributed by atoms with E-state index in [2.05, 4.69) is 15.0 Å². The van der Waals surface area contributed by atoms with Crippen LogP contribution in [0.1, 0.15) is 22.1 Å². The van der Waals surface area contributed by atoms with Gasteiger partial charge in [-0.1, -0.05) is 0 Å². The number of amides is 1. The molecule has 1 fully saturated rings. The van der Waals surface area contributed by atoms with Crippen LogP contribution in [0, 0.1) is 0 Å². The number of carbonyl (C=O) groups excluding carboxylic acids is 1. The number of aromatic nitrogens is 3. The first-order chi connectivity index (χ1) is 13.5. The molecule has 1 aliphatic heterocycles. The van der Waals surface area contributed by atoms with Crippen molar-refractivity contribution < 1.29 is 14.3 Å². The molecule has 2 aromatic heterocycles. The van der Waals surface area contributed by atoms with Crippen molar-refractivity contribution in [2.45, 2.75) is 12.1 Å². The molecule has 3 heterocycles. The van der Waals surface area contributed by atoms with Crippen LogP contribution in [0.3, 0.4) is 0 Å².